The number of benzene rings is 2. The first-order chi connectivity index (χ1) is 11.3. The van der Waals surface area contributed by atoms with E-state index >= 15 is 0 Å². The van der Waals surface area contributed by atoms with E-state index in [9.17, 15) is 4.79 Å². The van der Waals surface area contributed by atoms with Gasteiger partial charge in [-0.05, 0) is 36.1 Å². The molecule has 4 heteroatoms. The zero-order chi connectivity index (χ0) is 16.1. The van der Waals surface area contributed by atoms with E-state index in [1.807, 2.05) is 54.6 Å². The van der Waals surface area contributed by atoms with Crippen LogP contribution in [0, 0.1) is 5.92 Å². The maximum atomic E-state index is 11.2. The van der Waals surface area contributed by atoms with Gasteiger partial charge in [0.2, 0.25) is 0 Å². The van der Waals surface area contributed by atoms with Crippen molar-refractivity contribution in [3.63, 3.8) is 0 Å². The fourth-order valence-corrected chi connectivity index (χ4v) is 2.69. The van der Waals surface area contributed by atoms with Gasteiger partial charge in [0.1, 0.15) is 24.4 Å². The number of aryl methyl sites for hydroxylation is 1. The Morgan fingerprint density at radius 1 is 1.04 bits per heavy atom. The SMILES string of the molecule is O=C1O[C@@H](CCc2cccc(OCc3ccccc3)c2)[C@@H]1CO. The highest BCUT2D eigenvalue weighted by Crippen LogP contribution is 2.26. The van der Waals surface area contributed by atoms with Crippen molar-refractivity contribution >= 4 is 5.97 Å². The topological polar surface area (TPSA) is 55.8 Å². The highest BCUT2D eigenvalue weighted by atomic mass is 16.6. The minimum atomic E-state index is -0.354. The lowest BCUT2D eigenvalue weighted by molar-refractivity contribution is -0.188. The molecule has 4 nitrogen and oxygen atoms in total. The van der Waals surface area contributed by atoms with Crippen molar-refractivity contribution in [1.82, 2.24) is 0 Å². The molecule has 1 aliphatic rings. The lowest BCUT2D eigenvalue weighted by Gasteiger charge is -2.33. The fourth-order valence-electron chi connectivity index (χ4n) is 2.69. The van der Waals surface area contributed by atoms with Gasteiger partial charge in [0.05, 0.1) is 6.61 Å². The standard InChI is InChI=1S/C19H20O4/c20-12-17-18(23-19(17)21)10-9-14-7-4-8-16(11-14)22-13-15-5-2-1-3-6-15/h1-8,11,17-18,20H,9-10,12-13H2/t17-,18-/m0/s1. The zero-order valence-corrected chi connectivity index (χ0v) is 12.9. The van der Waals surface area contributed by atoms with Gasteiger partial charge in [-0.1, -0.05) is 42.5 Å². The molecule has 0 amide bonds. The smallest absolute Gasteiger partial charge is 0.315 e. The highest BCUT2D eigenvalue weighted by Gasteiger charge is 2.41. The number of cyclic esters (lactones) is 1. The van der Waals surface area contributed by atoms with Gasteiger partial charge in [0, 0.05) is 0 Å². The van der Waals surface area contributed by atoms with Gasteiger partial charge in [0.15, 0.2) is 0 Å². The summed E-state index contributed by atoms with van der Waals surface area (Å²) in [6, 6.07) is 18.0. The van der Waals surface area contributed by atoms with Crippen LogP contribution in [0.4, 0.5) is 0 Å². The maximum absolute atomic E-state index is 11.2. The predicted octanol–water partition coefficient (Wildman–Crippen LogP) is 2.73. The fraction of sp³-hybridized carbons (Fsp3) is 0.316. The number of ether oxygens (including phenoxy) is 2. The molecule has 3 rings (SSSR count). The molecule has 0 saturated carbocycles. The normalized spacial score (nSPS) is 19.8. The monoisotopic (exact) mass is 312 g/mol. The minimum absolute atomic E-state index is 0.135. The third kappa shape index (κ3) is 3.90. The van der Waals surface area contributed by atoms with E-state index in [-0.39, 0.29) is 24.6 Å². The Labute approximate surface area is 135 Å². The van der Waals surface area contributed by atoms with Crippen molar-refractivity contribution in [2.45, 2.75) is 25.6 Å². The maximum Gasteiger partial charge on any atom is 0.315 e. The van der Waals surface area contributed by atoms with E-state index < -0.39 is 0 Å². The number of rotatable bonds is 7. The quantitative estimate of drug-likeness (QED) is 0.799. The average molecular weight is 312 g/mol. The molecule has 2 aromatic rings. The summed E-state index contributed by atoms with van der Waals surface area (Å²) >= 11 is 0. The number of carbonyl (C=O) groups excluding carboxylic acids is 1. The van der Waals surface area contributed by atoms with Gasteiger partial charge < -0.3 is 14.6 Å². The van der Waals surface area contributed by atoms with Gasteiger partial charge in [-0.3, -0.25) is 4.79 Å². The van der Waals surface area contributed by atoms with Gasteiger partial charge >= 0.3 is 5.97 Å². The number of carbonyl (C=O) groups is 1. The van der Waals surface area contributed by atoms with E-state index in [0.29, 0.717) is 6.61 Å². The number of aliphatic hydroxyl groups excluding tert-OH is 1. The van der Waals surface area contributed by atoms with Crippen molar-refractivity contribution in [3.8, 4) is 5.75 Å². The first-order valence-electron chi connectivity index (χ1n) is 7.83. The molecular weight excluding hydrogens is 292 g/mol. The molecule has 2 aromatic carbocycles. The molecule has 0 bridgehead atoms. The summed E-state index contributed by atoms with van der Waals surface area (Å²) in [5, 5.41) is 9.13. The van der Waals surface area contributed by atoms with Crippen LogP contribution in [0.1, 0.15) is 17.5 Å². The second-order valence-corrected chi connectivity index (χ2v) is 5.72. The summed E-state index contributed by atoms with van der Waals surface area (Å²) in [6.45, 7) is 0.404. The van der Waals surface area contributed by atoms with Crippen LogP contribution in [-0.2, 0) is 22.6 Å². The van der Waals surface area contributed by atoms with E-state index in [0.717, 1.165) is 29.7 Å². The molecule has 0 aromatic heterocycles. The lowest BCUT2D eigenvalue weighted by atomic mass is 9.92. The molecule has 23 heavy (non-hydrogen) atoms. The van der Waals surface area contributed by atoms with Crippen molar-refractivity contribution < 1.29 is 19.4 Å². The number of esters is 1. The summed E-state index contributed by atoms with van der Waals surface area (Å²) in [5.41, 5.74) is 2.26. The lowest BCUT2D eigenvalue weighted by Crippen LogP contribution is -2.47. The van der Waals surface area contributed by atoms with Gasteiger partial charge in [0.25, 0.3) is 0 Å². The Balaban J connectivity index is 1.52. The van der Waals surface area contributed by atoms with Gasteiger partial charge in [-0.25, -0.2) is 0 Å². The third-order valence-electron chi connectivity index (χ3n) is 4.08. The molecule has 0 aliphatic carbocycles. The van der Waals surface area contributed by atoms with Crippen molar-refractivity contribution in [2.24, 2.45) is 5.92 Å². The van der Waals surface area contributed by atoms with Crippen LogP contribution in [0.25, 0.3) is 0 Å². The molecular formula is C19H20O4. The summed E-state index contributed by atoms with van der Waals surface area (Å²) in [5.74, 6) is 0.181. The second-order valence-electron chi connectivity index (χ2n) is 5.72. The Bertz CT molecular complexity index is 653. The van der Waals surface area contributed by atoms with E-state index in [2.05, 4.69) is 0 Å². The molecule has 1 fully saturated rings. The van der Waals surface area contributed by atoms with Gasteiger partial charge in [-0.2, -0.15) is 0 Å². The number of hydrogen-bond acceptors (Lipinski definition) is 4. The molecule has 1 aliphatic heterocycles. The van der Waals surface area contributed by atoms with Crippen molar-refractivity contribution in [3.05, 3.63) is 65.7 Å². The minimum Gasteiger partial charge on any atom is -0.489 e. The largest absolute Gasteiger partial charge is 0.489 e. The van der Waals surface area contributed by atoms with Crippen molar-refractivity contribution in [1.29, 1.82) is 0 Å². The van der Waals surface area contributed by atoms with Crippen LogP contribution in [0.2, 0.25) is 0 Å². The second kappa shape index (κ2) is 7.29. The summed E-state index contributed by atoms with van der Waals surface area (Å²) in [7, 11) is 0. The Morgan fingerprint density at radius 2 is 1.83 bits per heavy atom. The van der Waals surface area contributed by atoms with Crippen LogP contribution in [0.15, 0.2) is 54.6 Å². The average Bonchev–Trinajstić information content (AvgIpc) is 2.58. The third-order valence-corrected chi connectivity index (χ3v) is 4.08. The predicted molar refractivity (Wildman–Crippen MR) is 86.0 cm³/mol. The number of hydrogen-bond donors (Lipinski definition) is 1. The molecule has 0 unspecified atom stereocenters. The Kier molecular flexibility index (Phi) is 4.93. The first-order valence-corrected chi connectivity index (χ1v) is 7.83. The van der Waals surface area contributed by atoms with Crippen molar-refractivity contribution in [2.75, 3.05) is 6.61 Å². The van der Waals surface area contributed by atoms with E-state index in [4.69, 9.17) is 14.6 Å². The van der Waals surface area contributed by atoms with Crippen LogP contribution >= 0.6 is 0 Å². The zero-order valence-electron chi connectivity index (χ0n) is 12.9. The molecule has 1 N–H and O–H groups in total. The first kappa shape index (κ1) is 15.6. The van der Waals surface area contributed by atoms with Crippen LogP contribution in [0.5, 0.6) is 5.75 Å². The molecule has 0 spiro atoms. The van der Waals surface area contributed by atoms with Gasteiger partial charge in [-0.15, -0.1) is 0 Å². The van der Waals surface area contributed by atoms with E-state index in [1.165, 1.54) is 0 Å². The summed E-state index contributed by atoms with van der Waals surface area (Å²) < 4.78 is 10.9. The van der Waals surface area contributed by atoms with E-state index in [1.54, 1.807) is 0 Å². The summed E-state index contributed by atoms with van der Waals surface area (Å²) in [6.07, 6.45) is 1.34. The van der Waals surface area contributed by atoms with Crippen LogP contribution < -0.4 is 4.74 Å². The summed E-state index contributed by atoms with van der Waals surface area (Å²) in [4.78, 5) is 11.2. The van der Waals surface area contributed by atoms with Crippen LogP contribution in [0.3, 0.4) is 0 Å². The molecule has 1 saturated heterocycles. The molecule has 1 heterocycles. The highest BCUT2D eigenvalue weighted by molar-refractivity contribution is 5.78. The Morgan fingerprint density at radius 3 is 2.57 bits per heavy atom. The molecule has 2 atom stereocenters. The Hall–Kier alpha value is -2.33. The molecule has 0 radical (unpaired) electrons. The molecule has 120 valence electrons. The number of aliphatic hydroxyl groups is 1. The van der Waals surface area contributed by atoms with Crippen LogP contribution in [-0.4, -0.2) is 23.8 Å².